The second-order valence-electron chi connectivity index (χ2n) is 3.73. The second kappa shape index (κ2) is 5.25. The van der Waals surface area contributed by atoms with Crippen LogP contribution in [0, 0.1) is 0 Å². The number of halogens is 2. The van der Waals surface area contributed by atoms with E-state index in [0.29, 0.717) is 25.1 Å². The molecule has 9 heteroatoms. The largest absolute Gasteiger partial charge is 0.476 e. The molecule has 0 saturated carbocycles. The van der Waals surface area contributed by atoms with Crippen molar-refractivity contribution in [3.63, 3.8) is 0 Å². The highest BCUT2D eigenvalue weighted by Crippen LogP contribution is 2.32. The molecular weight excluding hydrogens is 341 g/mol. The lowest BCUT2D eigenvalue weighted by Gasteiger charge is -1.93. The Kier molecular flexibility index (Phi) is 3.59. The zero-order chi connectivity index (χ0) is 14.3. The van der Waals surface area contributed by atoms with Crippen LogP contribution in [0.5, 0.6) is 0 Å². The SMILES string of the molecule is O=C(O)c1csc(Sc2nc3cc(Cl)c(Cl)cc3[nH]2)n1. The van der Waals surface area contributed by atoms with Crippen molar-refractivity contribution in [1.82, 2.24) is 15.0 Å². The third-order valence-corrected chi connectivity index (χ3v) is 4.94. The molecule has 0 aliphatic rings. The fourth-order valence-corrected chi connectivity index (χ4v) is 3.54. The molecule has 0 radical (unpaired) electrons. The van der Waals surface area contributed by atoms with E-state index in [4.69, 9.17) is 28.3 Å². The smallest absolute Gasteiger partial charge is 0.355 e. The van der Waals surface area contributed by atoms with E-state index in [1.165, 1.54) is 28.5 Å². The number of aromatic carboxylic acids is 1. The van der Waals surface area contributed by atoms with Gasteiger partial charge in [-0.1, -0.05) is 23.2 Å². The lowest BCUT2D eigenvalue weighted by molar-refractivity contribution is 0.0691. The minimum absolute atomic E-state index is 0.0275. The molecule has 102 valence electrons. The highest BCUT2D eigenvalue weighted by atomic mass is 35.5. The quantitative estimate of drug-likeness (QED) is 0.744. The number of hydrogen-bond acceptors (Lipinski definition) is 5. The number of fused-ring (bicyclic) bond motifs is 1. The van der Waals surface area contributed by atoms with Gasteiger partial charge in [0.1, 0.15) is 0 Å². The Balaban J connectivity index is 1.92. The molecule has 0 spiro atoms. The van der Waals surface area contributed by atoms with Crippen molar-refractivity contribution in [2.75, 3.05) is 0 Å². The minimum Gasteiger partial charge on any atom is -0.476 e. The molecule has 3 rings (SSSR count). The van der Waals surface area contributed by atoms with E-state index in [1.54, 1.807) is 12.1 Å². The minimum atomic E-state index is -1.05. The van der Waals surface area contributed by atoms with Crippen molar-refractivity contribution < 1.29 is 9.90 Å². The van der Waals surface area contributed by atoms with Gasteiger partial charge in [0.05, 0.1) is 21.1 Å². The van der Waals surface area contributed by atoms with Gasteiger partial charge >= 0.3 is 5.97 Å². The first-order valence-electron chi connectivity index (χ1n) is 5.24. The molecule has 0 fully saturated rings. The van der Waals surface area contributed by atoms with E-state index in [0.717, 1.165) is 5.52 Å². The summed E-state index contributed by atoms with van der Waals surface area (Å²) in [6.45, 7) is 0. The molecule has 1 aromatic carbocycles. The topological polar surface area (TPSA) is 78.9 Å². The number of nitrogens with one attached hydrogen (secondary N) is 1. The standard InChI is InChI=1S/C11H5Cl2N3O2S2/c12-4-1-6-7(2-5(4)13)15-10(14-6)20-11-16-8(3-19-11)9(17)18/h1-3H,(H,14,15)(H,17,18). The van der Waals surface area contributed by atoms with E-state index in [9.17, 15) is 4.79 Å². The van der Waals surface area contributed by atoms with Gasteiger partial charge in [-0.3, -0.25) is 0 Å². The number of benzene rings is 1. The maximum Gasteiger partial charge on any atom is 0.355 e. The number of nitrogens with zero attached hydrogens (tertiary/aromatic N) is 2. The lowest BCUT2D eigenvalue weighted by Crippen LogP contribution is -1.95. The maximum absolute atomic E-state index is 10.8. The molecule has 0 atom stereocenters. The fraction of sp³-hybridized carbons (Fsp3) is 0. The number of H-pyrrole nitrogens is 1. The Bertz CT molecular complexity index is 776. The number of carbonyl (C=O) groups is 1. The molecular formula is C11H5Cl2N3O2S2. The van der Waals surface area contributed by atoms with Crippen LogP contribution in [-0.4, -0.2) is 26.0 Å². The second-order valence-corrected chi connectivity index (χ2v) is 6.64. The number of hydrogen-bond donors (Lipinski definition) is 2. The van der Waals surface area contributed by atoms with Crippen molar-refractivity contribution in [1.29, 1.82) is 0 Å². The Morgan fingerprint density at radius 2 is 2.05 bits per heavy atom. The molecule has 2 heterocycles. The highest BCUT2D eigenvalue weighted by Gasteiger charge is 2.12. The number of thiazole rings is 1. The Labute approximate surface area is 131 Å². The van der Waals surface area contributed by atoms with Crippen molar-refractivity contribution in [3.8, 4) is 0 Å². The molecule has 0 amide bonds. The van der Waals surface area contributed by atoms with E-state index in [1.807, 2.05) is 0 Å². The average molecular weight is 346 g/mol. The Morgan fingerprint density at radius 1 is 1.30 bits per heavy atom. The zero-order valence-electron chi connectivity index (χ0n) is 9.55. The van der Waals surface area contributed by atoms with Gasteiger partial charge in [0.2, 0.25) is 0 Å². The first-order valence-corrected chi connectivity index (χ1v) is 7.69. The molecule has 0 aliphatic carbocycles. The third-order valence-electron chi connectivity index (χ3n) is 2.39. The van der Waals surface area contributed by atoms with Crippen molar-refractivity contribution >= 4 is 63.3 Å². The monoisotopic (exact) mass is 345 g/mol. The summed E-state index contributed by atoms with van der Waals surface area (Å²) in [5.74, 6) is -1.05. The summed E-state index contributed by atoms with van der Waals surface area (Å²) < 4.78 is 0.596. The number of carboxylic acid groups (broad SMARTS) is 1. The summed E-state index contributed by atoms with van der Waals surface area (Å²) in [6.07, 6.45) is 0. The van der Waals surface area contributed by atoms with Crippen LogP contribution < -0.4 is 0 Å². The summed E-state index contributed by atoms with van der Waals surface area (Å²) in [4.78, 5) is 22.2. The van der Waals surface area contributed by atoms with Gasteiger partial charge in [-0.05, 0) is 23.9 Å². The van der Waals surface area contributed by atoms with Crippen molar-refractivity contribution in [2.24, 2.45) is 0 Å². The van der Waals surface area contributed by atoms with Crippen LogP contribution in [0.2, 0.25) is 10.0 Å². The fourth-order valence-electron chi connectivity index (χ4n) is 1.51. The first-order chi connectivity index (χ1) is 9.52. The molecule has 0 saturated heterocycles. The predicted octanol–water partition coefficient (Wildman–Crippen LogP) is 4.18. The number of rotatable bonds is 3. The van der Waals surface area contributed by atoms with Gasteiger partial charge in [-0.2, -0.15) is 0 Å². The van der Waals surface area contributed by atoms with Gasteiger partial charge in [0.15, 0.2) is 15.2 Å². The highest BCUT2D eigenvalue weighted by molar-refractivity contribution is 8.00. The lowest BCUT2D eigenvalue weighted by atomic mass is 10.3. The molecule has 2 aromatic heterocycles. The number of carboxylic acids is 1. The molecule has 20 heavy (non-hydrogen) atoms. The molecule has 0 unspecified atom stereocenters. The van der Waals surface area contributed by atoms with Crippen molar-refractivity contribution in [3.05, 3.63) is 33.3 Å². The zero-order valence-corrected chi connectivity index (χ0v) is 12.7. The number of aromatic nitrogens is 3. The third kappa shape index (κ3) is 2.62. The van der Waals surface area contributed by atoms with E-state index in [2.05, 4.69) is 15.0 Å². The normalized spacial score (nSPS) is 11.1. The number of aromatic amines is 1. The van der Waals surface area contributed by atoms with Crippen LogP contribution in [0.25, 0.3) is 11.0 Å². The van der Waals surface area contributed by atoms with Gasteiger partial charge in [-0.15, -0.1) is 11.3 Å². The summed E-state index contributed by atoms with van der Waals surface area (Å²) in [6, 6.07) is 3.37. The average Bonchev–Trinajstić information content (AvgIpc) is 2.97. The molecule has 5 nitrogen and oxygen atoms in total. The summed E-state index contributed by atoms with van der Waals surface area (Å²) >= 11 is 14.4. The van der Waals surface area contributed by atoms with Crippen LogP contribution in [0.1, 0.15) is 10.5 Å². The van der Waals surface area contributed by atoms with E-state index < -0.39 is 5.97 Å². The Hall–Kier alpha value is -1.28. The van der Waals surface area contributed by atoms with Crippen LogP contribution in [0.4, 0.5) is 0 Å². The Morgan fingerprint density at radius 3 is 2.75 bits per heavy atom. The van der Waals surface area contributed by atoms with E-state index >= 15 is 0 Å². The molecule has 2 N–H and O–H groups in total. The maximum atomic E-state index is 10.8. The molecule has 0 aliphatic heterocycles. The molecule has 0 bridgehead atoms. The predicted molar refractivity (Wildman–Crippen MR) is 79.3 cm³/mol. The van der Waals surface area contributed by atoms with Gasteiger partial charge < -0.3 is 10.1 Å². The van der Waals surface area contributed by atoms with Crippen molar-refractivity contribution in [2.45, 2.75) is 9.50 Å². The first kappa shape index (κ1) is 13.7. The van der Waals surface area contributed by atoms with Crippen LogP contribution in [0.15, 0.2) is 27.0 Å². The summed E-state index contributed by atoms with van der Waals surface area (Å²) in [5.41, 5.74) is 1.48. The van der Waals surface area contributed by atoms with E-state index in [-0.39, 0.29) is 5.69 Å². The van der Waals surface area contributed by atoms with Gasteiger partial charge in [0, 0.05) is 5.38 Å². The summed E-state index contributed by atoms with van der Waals surface area (Å²) in [7, 11) is 0. The summed E-state index contributed by atoms with van der Waals surface area (Å²) in [5, 5.41) is 11.8. The van der Waals surface area contributed by atoms with Gasteiger partial charge in [0.25, 0.3) is 0 Å². The van der Waals surface area contributed by atoms with Crippen LogP contribution >= 0.6 is 46.3 Å². The number of imidazole rings is 1. The molecule has 3 aromatic rings. The van der Waals surface area contributed by atoms with Crippen LogP contribution in [-0.2, 0) is 0 Å². The van der Waals surface area contributed by atoms with Crippen LogP contribution in [0.3, 0.4) is 0 Å². The van der Waals surface area contributed by atoms with Gasteiger partial charge in [-0.25, -0.2) is 14.8 Å².